The summed E-state index contributed by atoms with van der Waals surface area (Å²) in [5.41, 5.74) is 0.925. The summed E-state index contributed by atoms with van der Waals surface area (Å²) >= 11 is 0. The van der Waals surface area contributed by atoms with Crippen LogP contribution < -0.4 is 5.32 Å². The number of rotatable bonds is 6. The van der Waals surface area contributed by atoms with E-state index in [1.54, 1.807) is 7.11 Å². The van der Waals surface area contributed by atoms with Gasteiger partial charge in [-0.3, -0.25) is 4.79 Å². The first-order valence-electron chi connectivity index (χ1n) is 7.67. The summed E-state index contributed by atoms with van der Waals surface area (Å²) < 4.78 is 5.34. The molecule has 1 heterocycles. The summed E-state index contributed by atoms with van der Waals surface area (Å²) in [6.07, 6.45) is 2.61. The normalized spacial score (nSPS) is 16.6. The van der Waals surface area contributed by atoms with Gasteiger partial charge in [0.05, 0.1) is 12.0 Å². The molecule has 0 saturated carbocycles. The van der Waals surface area contributed by atoms with Crippen LogP contribution in [0.2, 0.25) is 0 Å². The molecule has 1 aromatic carbocycles. The maximum atomic E-state index is 12.8. The van der Waals surface area contributed by atoms with Gasteiger partial charge in [0.25, 0.3) is 0 Å². The van der Waals surface area contributed by atoms with Gasteiger partial charge in [-0.15, -0.1) is 12.4 Å². The Hall–Kier alpha value is -1.10. The third-order valence-electron chi connectivity index (χ3n) is 4.36. The highest BCUT2D eigenvalue weighted by Crippen LogP contribution is 2.31. The molecule has 124 valence electrons. The van der Waals surface area contributed by atoms with Crippen molar-refractivity contribution in [2.45, 2.75) is 19.3 Å². The Kier molecular flexibility index (Phi) is 7.87. The van der Waals surface area contributed by atoms with Gasteiger partial charge in [-0.05, 0) is 37.9 Å². The van der Waals surface area contributed by atoms with Crippen LogP contribution in [0.25, 0.3) is 0 Å². The van der Waals surface area contributed by atoms with Crippen molar-refractivity contribution in [3.63, 3.8) is 0 Å². The number of ether oxygens (including phenoxy) is 1. The van der Waals surface area contributed by atoms with Gasteiger partial charge in [0.1, 0.15) is 0 Å². The van der Waals surface area contributed by atoms with Crippen LogP contribution in [0.3, 0.4) is 0 Å². The molecule has 1 aliphatic rings. The van der Waals surface area contributed by atoms with Crippen molar-refractivity contribution < 1.29 is 9.53 Å². The van der Waals surface area contributed by atoms with Crippen molar-refractivity contribution in [1.29, 1.82) is 0 Å². The van der Waals surface area contributed by atoms with Crippen molar-refractivity contribution in [3.8, 4) is 0 Å². The summed E-state index contributed by atoms with van der Waals surface area (Å²) in [6, 6.07) is 10.3. The Morgan fingerprint density at radius 2 is 1.91 bits per heavy atom. The van der Waals surface area contributed by atoms with Crippen molar-refractivity contribution in [2.24, 2.45) is 5.41 Å². The van der Waals surface area contributed by atoms with E-state index in [0.717, 1.165) is 38.9 Å². The molecule has 0 bridgehead atoms. The van der Waals surface area contributed by atoms with Crippen LogP contribution >= 0.6 is 12.4 Å². The number of benzene rings is 1. The molecule has 0 radical (unpaired) electrons. The van der Waals surface area contributed by atoms with E-state index >= 15 is 0 Å². The fourth-order valence-corrected chi connectivity index (χ4v) is 3.05. The smallest absolute Gasteiger partial charge is 0.230 e. The standard InChI is InChI=1S/C17H26N2O2.ClH/c1-19(13-8-15-6-4-3-5-7-15)16(20)17(14-21-2)9-11-18-12-10-17;/h3-7,18H,8-14H2,1-2H3;1H. The molecule has 2 rings (SSSR count). The number of likely N-dealkylation sites (N-methyl/N-ethyl adjacent to an activating group) is 1. The lowest BCUT2D eigenvalue weighted by molar-refractivity contribution is -0.146. The van der Waals surface area contributed by atoms with Gasteiger partial charge in [0, 0.05) is 20.7 Å². The number of halogens is 1. The van der Waals surface area contributed by atoms with Gasteiger partial charge < -0.3 is 15.0 Å². The first kappa shape index (κ1) is 18.9. The maximum absolute atomic E-state index is 12.8. The molecule has 0 aromatic heterocycles. The van der Waals surface area contributed by atoms with Gasteiger partial charge in [-0.1, -0.05) is 30.3 Å². The van der Waals surface area contributed by atoms with Crippen molar-refractivity contribution >= 4 is 18.3 Å². The molecule has 22 heavy (non-hydrogen) atoms. The van der Waals surface area contributed by atoms with Crippen LogP contribution in [0.15, 0.2) is 30.3 Å². The molecule has 0 atom stereocenters. The van der Waals surface area contributed by atoms with Crippen LogP contribution in [-0.4, -0.2) is 51.2 Å². The highest BCUT2D eigenvalue weighted by atomic mass is 35.5. The maximum Gasteiger partial charge on any atom is 0.230 e. The summed E-state index contributed by atoms with van der Waals surface area (Å²) in [6.45, 7) is 3.05. The van der Waals surface area contributed by atoms with E-state index in [0.29, 0.717) is 6.61 Å². The summed E-state index contributed by atoms with van der Waals surface area (Å²) in [5.74, 6) is 0.224. The van der Waals surface area contributed by atoms with E-state index in [2.05, 4.69) is 17.4 Å². The van der Waals surface area contributed by atoms with Gasteiger partial charge in [0.2, 0.25) is 5.91 Å². The summed E-state index contributed by atoms with van der Waals surface area (Å²) in [4.78, 5) is 14.7. The summed E-state index contributed by atoms with van der Waals surface area (Å²) in [5, 5.41) is 3.32. The minimum Gasteiger partial charge on any atom is -0.384 e. The molecule has 1 fully saturated rings. The van der Waals surface area contributed by atoms with E-state index in [9.17, 15) is 4.79 Å². The van der Waals surface area contributed by atoms with Crippen LogP contribution in [0.5, 0.6) is 0 Å². The molecule has 0 unspecified atom stereocenters. The van der Waals surface area contributed by atoms with Crippen LogP contribution in [0.4, 0.5) is 0 Å². The first-order chi connectivity index (χ1) is 10.2. The Balaban J connectivity index is 0.00000242. The summed E-state index contributed by atoms with van der Waals surface area (Å²) in [7, 11) is 3.59. The molecular formula is C17H27ClN2O2. The van der Waals surface area contributed by atoms with Crippen molar-refractivity contribution in [1.82, 2.24) is 10.2 Å². The second kappa shape index (κ2) is 9.13. The number of hydrogen-bond acceptors (Lipinski definition) is 3. The highest BCUT2D eigenvalue weighted by Gasteiger charge is 2.41. The Morgan fingerprint density at radius 1 is 1.27 bits per heavy atom. The molecule has 1 aromatic rings. The fourth-order valence-electron chi connectivity index (χ4n) is 3.05. The third kappa shape index (κ3) is 4.70. The zero-order valence-electron chi connectivity index (χ0n) is 13.5. The molecule has 0 aliphatic carbocycles. The lowest BCUT2D eigenvalue weighted by Crippen LogP contribution is -2.51. The zero-order valence-corrected chi connectivity index (χ0v) is 14.3. The Morgan fingerprint density at radius 3 is 2.50 bits per heavy atom. The number of nitrogens with zero attached hydrogens (tertiary/aromatic N) is 1. The predicted molar refractivity (Wildman–Crippen MR) is 91.4 cm³/mol. The average Bonchev–Trinajstić information content (AvgIpc) is 2.54. The van der Waals surface area contributed by atoms with E-state index in [1.807, 2.05) is 30.1 Å². The second-order valence-electron chi connectivity index (χ2n) is 5.93. The fraction of sp³-hybridized carbons (Fsp3) is 0.588. The van der Waals surface area contributed by atoms with Crippen LogP contribution in [0.1, 0.15) is 18.4 Å². The van der Waals surface area contributed by atoms with Crippen LogP contribution in [0, 0.1) is 5.41 Å². The number of hydrogen-bond donors (Lipinski definition) is 1. The van der Waals surface area contributed by atoms with Gasteiger partial charge in [-0.2, -0.15) is 0 Å². The monoisotopic (exact) mass is 326 g/mol. The van der Waals surface area contributed by atoms with Gasteiger partial charge in [-0.25, -0.2) is 0 Å². The molecule has 1 aliphatic heterocycles. The average molecular weight is 327 g/mol. The minimum atomic E-state index is -0.342. The SMILES string of the molecule is COCC1(C(=O)N(C)CCc2ccccc2)CCNCC1.Cl. The predicted octanol–water partition coefficient (Wildman–Crippen LogP) is 2.13. The molecule has 0 spiro atoms. The van der Waals surface area contributed by atoms with Gasteiger partial charge >= 0.3 is 0 Å². The minimum absolute atomic E-state index is 0. The number of piperidine rings is 1. The largest absolute Gasteiger partial charge is 0.384 e. The van der Waals surface area contributed by atoms with E-state index < -0.39 is 0 Å². The Labute approximate surface area is 139 Å². The lowest BCUT2D eigenvalue weighted by Gasteiger charge is -2.38. The first-order valence-corrected chi connectivity index (χ1v) is 7.67. The molecular weight excluding hydrogens is 300 g/mol. The highest BCUT2D eigenvalue weighted by molar-refractivity contribution is 5.85. The number of carbonyl (C=O) groups excluding carboxylic acids is 1. The molecule has 5 heteroatoms. The van der Waals surface area contributed by atoms with Crippen molar-refractivity contribution in [2.75, 3.05) is 40.4 Å². The van der Waals surface area contributed by atoms with E-state index in [4.69, 9.17) is 4.74 Å². The molecule has 1 N–H and O–H groups in total. The third-order valence-corrected chi connectivity index (χ3v) is 4.36. The lowest BCUT2D eigenvalue weighted by atomic mass is 9.78. The quantitative estimate of drug-likeness (QED) is 0.870. The second-order valence-corrected chi connectivity index (χ2v) is 5.93. The number of nitrogens with one attached hydrogen (secondary N) is 1. The zero-order chi connectivity index (χ0) is 15.1. The molecule has 4 nitrogen and oxygen atoms in total. The Bertz CT molecular complexity index is 442. The molecule has 1 amide bonds. The van der Waals surface area contributed by atoms with E-state index in [-0.39, 0.29) is 23.7 Å². The topological polar surface area (TPSA) is 41.6 Å². The van der Waals surface area contributed by atoms with Gasteiger partial charge in [0.15, 0.2) is 0 Å². The number of methoxy groups -OCH3 is 1. The number of amides is 1. The van der Waals surface area contributed by atoms with Crippen molar-refractivity contribution in [3.05, 3.63) is 35.9 Å². The van der Waals surface area contributed by atoms with E-state index in [1.165, 1.54) is 5.56 Å². The van der Waals surface area contributed by atoms with Crippen LogP contribution in [-0.2, 0) is 16.0 Å². The number of carbonyl (C=O) groups is 1. The molecule has 1 saturated heterocycles.